The number of hydrogen-bond acceptors (Lipinski definition) is 4. The Bertz CT molecular complexity index is 946. The van der Waals surface area contributed by atoms with E-state index in [0.717, 1.165) is 36.6 Å². The highest BCUT2D eigenvalue weighted by molar-refractivity contribution is 5.61. The van der Waals surface area contributed by atoms with Crippen LogP contribution in [0.5, 0.6) is 0 Å². The highest BCUT2D eigenvalue weighted by Crippen LogP contribution is 2.46. The summed E-state index contributed by atoms with van der Waals surface area (Å²) >= 11 is 0. The van der Waals surface area contributed by atoms with Gasteiger partial charge in [-0.25, -0.2) is 4.98 Å². The minimum absolute atomic E-state index is 0.391. The van der Waals surface area contributed by atoms with Gasteiger partial charge in [0.25, 0.3) is 0 Å². The zero-order valence-electron chi connectivity index (χ0n) is 19.1. The van der Waals surface area contributed by atoms with Crippen molar-refractivity contribution in [2.75, 3.05) is 29.4 Å². The molecule has 30 heavy (non-hydrogen) atoms. The molecule has 0 radical (unpaired) electrons. The second-order valence-electron chi connectivity index (χ2n) is 9.77. The van der Waals surface area contributed by atoms with Gasteiger partial charge in [-0.05, 0) is 86.3 Å². The Morgan fingerprint density at radius 1 is 1.10 bits per heavy atom. The maximum Gasteiger partial charge on any atom is 0.128 e. The third-order valence-electron chi connectivity index (χ3n) is 7.54. The molecule has 2 saturated heterocycles. The van der Waals surface area contributed by atoms with Crippen LogP contribution in [0.1, 0.15) is 68.2 Å². The van der Waals surface area contributed by atoms with Gasteiger partial charge < -0.3 is 9.80 Å². The molecule has 0 bridgehead atoms. The molecule has 1 aromatic heterocycles. The van der Waals surface area contributed by atoms with Crippen molar-refractivity contribution in [1.82, 2.24) is 4.98 Å². The quantitative estimate of drug-likeness (QED) is 0.672. The van der Waals surface area contributed by atoms with Gasteiger partial charge in [-0.3, -0.25) is 0 Å². The Hall–Kier alpha value is -2.54. The third-order valence-corrected chi connectivity index (χ3v) is 7.54. The smallest absolute Gasteiger partial charge is 0.128 e. The van der Waals surface area contributed by atoms with Gasteiger partial charge in [-0.15, -0.1) is 0 Å². The van der Waals surface area contributed by atoms with Crippen molar-refractivity contribution < 1.29 is 0 Å². The molecule has 4 heteroatoms. The number of pyridine rings is 1. The average Bonchev–Trinajstić information content (AvgIpc) is 3.06. The summed E-state index contributed by atoms with van der Waals surface area (Å²) < 4.78 is 0. The molecule has 0 aliphatic carbocycles. The van der Waals surface area contributed by atoms with E-state index in [1.807, 2.05) is 12.3 Å². The number of aromatic nitrogens is 1. The SMILES string of the molecule is Cc1c(C#N)ccc(N2CC3(CCN(c4ccc(C(C)C)cn4)CC3)CC2C)c1C. The second-order valence-corrected chi connectivity index (χ2v) is 9.77. The molecule has 4 rings (SSSR count). The van der Waals surface area contributed by atoms with E-state index in [0.29, 0.717) is 17.4 Å². The summed E-state index contributed by atoms with van der Waals surface area (Å²) in [5.74, 6) is 1.65. The maximum atomic E-state index is 9.34. The van der Waals surface area contributed by atoms with Gasteiger partial charge in [0.05, 0.1) is 11.6 Å². The highest BCUT2D eigenvalue weighted by Gasteiger charge is 2.44. The zero-order valence-corrected chi connectivity index (χ0v) is 19.1. The fourth-order valence-electron chi connectivity index (χ4n) is 5.38. The van der Waals surface area contributed by atoms with Gasteiger partial charge in [0.2, 0.25) is 0 Å². The molecule has 2 aliphatic rings. The van der Waals surface area contributed by atoms with Crippen molar-refractivity contribution in [2.45, 2.75) is 65.8 Å². The van der Waals surface area contributed by atoms with E-state index in [1.54, 1.807) is 0 Å². The summed E-state index contributed by atoms with van der Waals surface area (Å²) in [7, 11) is 0. The molecule has 2 aromatic rings. The summed E-state index contributed by atoms with van der Waals surface area (Å²) in [5, 5.41) is 9.34. The zero-order chi connectivity index (χ0) is 21.5. The first-order valence-electron chi connectivity index (χ1n) is 11.3. The largest absolute Gasteiger partial charge is 0.368 e. The van der Waals surface area contributed by atoms with Crippen LogP contribution in [0, 0.1) is 30.6 Å². The fraction of sp³-hybridized carbons (Fsp3) is 0.538. The summed E-state index contributed by atoms with van der Waals surface area (Å²) in [5.41, 5.74) is 6.17. The number of nitrogens with zero attached hydrogens (tertiary/aromatic N) is 4. The molecule has 1 spiro atoms. The van der Waals surface area contributed by atoms with Crippen molar-refractivity contribution in [3.8, 4) is 6.07 Å². The van der Waals surface area contributed by atoms with Crippen molar-refractivity contribution in [1.29, 1.82) is 5.26 Å². The average molecular weight is 403 g/mol. The molecular weight excluding hydrogens is 368 g/mol. The van der Waals surface area contributed by atoms with E-state index in [4.69, 9.17) is 4.98 Å². The Kier molecular flexibility index (Phi) is 5.49. The van der Waals surface area contributed by atoms with E-state index in [9.17, 15) is 5.26 Å². The summed E-state index contributed by atoms with van der Waals surface area (Å²) in [6.07, 6.45) is 5.73. The van der Waals surface area contributed by atoms with E-state index in [1.165, 1.54) is 36.1 Å². The predicted octanol–water partition coefficient (Wildman–Crippen LogP) is 5.58. The number of benzene rings is 1. The van der Waals surface area contributed by atoms with E-state index >= 15 is 0 Å². The summed E-state index contributed by atoms with van der Waals surface area (Å²) in [6, 6.07) is 11.4. The Labute approximate surface area is 181 Å². The molecule has 1 aromatic carbocycles. The molecule has 4 nitrogen and oxygen atoms in total. The second kappa shape index (κ2) is 7.95. The summed E-state index contributed by atoms with van der Waals surface area (Å²) in [6.45, 7) is 14.3. The predicted molar refractivity (Wildman–Crippen MR) is 124 cm³/mol. The van der Waals surface area contributed by atoms with E-state index in [2.05, 4.69) is 68.7 Å². The Balaban J connectivity index is 1.47. The first-order valence-corrected chi connectivity index (χ1v) is 11.3. The molecule has 0 N–H and O–H groups in total. The summed E-state index contributed by atoms with van der Waals surface area (Å²) in [4.78, 5) is 9.79. The van der Waals surface area contributed by atoms with Crippen molar-refractivity contribution in [3.05, 3.63) is 52.7 Å². The lowest BCUT2D eigenvalue weighted by Crippen LogP contribution is -2.42. The molecule has 2 fully saturated rings. The molecule has 0 saturated carbocycles. The monoisotopic (exact) mass is 402 g/mol. The lowest BCUT2D eigenvalue weighted by Gasteiger charge is -2.40. The highest BCUT2D eigenvalue weighted by atomic mass is 15.2. The van der Waals surface area contributed by atoms with Gasteiger partial charge in [-0.1, -0.05) is 19.9 Å². The number of rotatable bonds is 3. The van der Waals surface area contributed by atoms with Crippen LogP contribution in [0.3, 0.4) is 0 Å². The van der Waals surface area contributed by atoms with Crippen LogP contribution in [-0.4, -0.2) is 30.7 Å². The van der Waals surface area contributed by atoms with Crippen molar-refractivity contribution in [3.63, 3.8) is 0 Å². The van der Waals surface area contributed by atoms with Gasteiger partial charge in [0, 0.05) is 37.6 Å². The van der Waals surface area contributed by atoms with Gasteiger partial charge in [-0.2, -0.15) is 5.26 Å². The lowest BCUT2D eigenvalue weighted by molar-refractivity contribution is 0.244. The first kappa shape index (κ1) is 20.7. The van der Waals surface area contributed by atoms with Crippen LogP contribution in [0.2, 0.25) is 0 Å². The van der Waals surface area contributed by atoms with E-state index < -0.39 is 0 Å². The van der Waals surface area contributed by atoms with Crippen molar-refractivity contribution >= 4 is 11.5 Å². The topological polar surface area (TPSA) is 43.2 Å². The van der Waals surface area contributed by atoms with Crippen LogP contribution in [0.25, 0.3) is 0 Å². The maximum absolute atomic E-state index is 9.34. The normalized spacial score (nSPS) is 20.8. The Morgan fingerprint density at radius 3 is 2.43 bits per heavy atom. The number of nitriles is 1. The van der Waals surface area contributed by atoms with Gasteiger partial charge in [0.1, 0.15) is 5.82 Å². The first-order chi connectivity index (χ1) is 14.3. The van der Waals surface area contributed by atoms with Crippen LogP contribution < -0.4 is 9.80 Å². The molecule has 3 heterocycles. The number of piperidine rings is 1. The minimum atomic E-state index is 0.391. The van der Waals surface area contributed by atoms with Crippen molar-refractivity contribution in [2.24, 2.45) is 5.41 Å². The molecular formula is C26H34N4. The van der Waals surface area contributed by atoms with Crippen LogP contribution >= 0.6 is 0 Å². The molecule has 1 unspecified atom stereocenters. The minimum Gasteiger partial charge on any atom is -0.368 e. The van der Waals surface area contributed by atoms with Crippen LogP contribution in [0.4, 0.5) is 11.5 Å². The molecule has 158 valence electrons. The lowest BCUT2D eigenvalue weighted by atomic mass is 9.77. The standard InChI is InChI=1S/C26H34N4/c1-18(2)23-7-9-25(28-16-23)29-12-10-26(11-13-29)14-19(3)30(17-26)24-8-6-22(15-27)20(4)21(24)5/h6-9,16,18-19H,10-14,17H2,1-5H3. The molecule has 2 aliphatic heterocycles. The van der Waals surface area contributed by atoms with E-state index in [-0.39, 0.29) is 0 Å². The Morgan fingerprint density at radius 2 is 1.83 bits per heavy atom. The third kappa shape index (κ3) is 3.67. The number of anilines is 2. The fourth-order valence-corrected chi connectivity index (χ4v) is 5.38. The number of hydrogen-bond donors (Lipinski definition) is 0. The van der Waals surface area contributed by atoms with Gasteiger partial charge in [0.15, 0.2) is 0 Å². The van der Waals surface area contributed by atoms with Crippen LogP contribution in [0.15, 0.2) is 30.5 Å². The van der Waals surface area contributed by atoms with Crippen LogP contribution in [-0.2, 0) is 0 Å². The molecule has 1 atom stereocenters. The van der Waals surface area contributed by atoms with Gasteiger partial charge >= 0.3 is 0 Å². The molecule has 0 amide bonds.